The lowest BCUT2D eigenvalue weighted by Crippen LogP contribution is -2.54. The normalized spacial score (nSPS) is 16.2. The van der Waals surface area contributed by atoms with Gasteiger partial charge in [-0.3, -0.25) is 9.59 Å². The van der Waals surface area contributed by atoms with Crippen molar-refractivity contribution in [3.05, 3.63) is 35.4 Å². The van der Waals surface area contributed by atoms with Crippen LogP contribution in [0.1, 0.15) is 89.8 Å². The highest BCUT2D eigenvalue weighted by atomic mass is 32.1. The number of benzene rings is 1. The summed E-state index contributed by atoms with van der Waals surface area (Å²) in [6.45, 7) is 9.70. The SMILES string of the molecule is CCCCN(C(=O)C(CS)NC(=O)OC(C)(C)C)C(C(=O)NC1CCCCC1)c1cccc(C)c1. The maximum Gasteiger partial charge on any atom is 0.408 e. The molecular formula is C27H43N3O4S. The molecule has 1 aliphatic carbocycles. The second-order valence-corrected chi connectivity index (χ2v) is 10.8. The van der Waals surface area contributed by atoms with Crippen LogP contribution in [0.15, 0.2) is 24.3 Å². The topological polar surface area (TPSA) is 87.7 Å². The van der Waals surface area contributed by atoms with Crippen LogP contribution < -0.4 is 10.6 Å². The van der Waals surface area contributed by atoms with Gasteiger partial charge in [-0.2, -0.15) is 12.6 Å². The monoisotopic (exact) mass is 505 g/mol. The Hall–Kier alpha value is -2.22. The Balaban J connectivity index is 2.37. The van der Waals surface area contributed by atoms with Gasteiger partial charge in [0.15, 0.2) is 0 Å². The van der Waals surface area contributed by atoms with Crippen molar-refractivity contribution in [2.24, 2.45) is 0 Å². The second kappa shape index (κ2) is 13.8. The maximum atomic E-state index is 13.8. The molecule has 2 rings (SSSR count). The number of thiol groups is 1. The zero-order valence-electron chi connectivity index (χ0n) is 21.9. The van der Waals surface area contributed by atoms with E-state index in [9.17, 15) is 14.4 Å². The molecule has 35 heavy (non-hydrogen) atoms. The minimum atomic E-state index is -0.917. The van der Waals surface area contributed by atoms with Gasteiger partial charge in [-0.25, -0.2) is 4.79 Å². The predicted molar refractivity (Wildman–Crippen MR) is 143 cm³/mol. The van der Waals surface area contributed by atoms with Crippen LogP contribution in [0.25, 0.3) is 0 Å². The molecule has 1 fully saturated rings. The third kappa shape index (κ3) is 9.39. The number of nitrogens with one attached hydrogen (secondary N) is 2. The number of carbonyl (C=O) groups is 3. The molecule has 2 atom stereocenters. The summed E-state index contributed by atoms with van der Waals surface area (Å²) >= 11 is 4.34. The van der Waals surface area contributed by atoms with Crippen molar-refractivity contribution in [3.8, 4) is 0 Å². The number of nitrogens with zero attached hydrogens (tertiary/aromatic N) is 1. The van der Waals surface area contributed by atoms with Gasteiger partial charge >= 0.3 is 6.09 Å². The number of hydrogen-bond donors (Lipinski definition) is 3. The van der Waals surface area contributed by atoms with Crippen LogP contribution in [0.3, 0.4) is 0 Å². The van der Waals surface area contributed by atoms with E-state index in [0.717, 1.165) is 49.7 Å². The standard InChI is InChI=1S/C27H43N3O4S/c1-6-7-16-30(25(32)22(18-35)29-26(33)34-27(3,4)5)23(20-13-11-12-19(2)17-20)24(31)28-21-14-9-8-10-15-21/h11-13,17,21-23,35H,6-10,14-16,18H2,1-5H3,(H,28,31)(H,29,33). The number of carbonyl (C=O) groups excluding carboxylic acids is 3. The Morgan fingerprint density at radius 3 is 2.43 bits per heavy atom. The fraction of sp³-hybridized carbons (Fsp3) is 0.667. The van der Waals surface area contributed by atoms with Crippen molar-refractivity contribution in [1.82, 2.24) is 15.5 Å². The van der Waals surface area contributed by atoms with E-state index in [2.05, 4.69) is 23.3 Å². The molecule has 0 heterocycles. The van der Waals surface area contributed by atoms with Crippen molar-refractivity contribution >= 4 is 30.5 Å². The zero-order chi connectivity index (χ0) is 26.0. The second-order valence-electron chi connectivity index (χ2n) is 10.4. The molecule has 0 bridgehead atoms. The lowest BCUT2D eigenvalue weighted by atomic mass is 9.94. The van der Waals surface area contributed by atoms with Crippen molar-refractivity contribution in [3.63, 3.8) is 0 Å². The molecule has 2 N–H and O–H groups in total. The number of amides is 3. The van der Waals surface area contributed by atoms with E-state index in [1.807, 2.05) is 38.1 Å². The molecule has 1 aromatic carbocycles. The molecule has 1 aromatic rings. The largest absolute Gasteiger partial charge is 0.444 e. The van der Waals surface area contributed by atoms with E-state index in [1.165, 1.54) is 6.42 Å². The highest BCUT2D eigenvalue weighted by molar-refractivity contribution is 7.80. The first kappa shape index (κ1) is 29.0. The molecule has 1 aliphatic rings. The summed E-state index contributed by atoms with van der Waals surface area (Å²) < 4.78 is 5.36. The summed E-state index contributed by atoms with van der Waals surface area (Å²) in [6, 6.07) is 6.13. The Labute approximate surface area is 216 Å². The van der Waals surface area contributed by atoms with E-state index in [-0.39, 0.29) is 23.6 Å². The van der Waals surface area contributed by atoms with E-state index >= 15 is 0 Å². The van der Waals surface area contributed by atoms with Gasteiger partial charge in [0.05, 0.1) is 0 Å². The number of aryl methyl sites for hydroxylation is 1. The summed E-state index contributed by atoms with van der Waals surface area (Å²) in [7, 11) is 0. The van der Waals surface area contributed by atoms with Crippen molar-refractivity contribution in [2.45, 2.75) is 103 Å². The van der Waals surface area contributed by atoms with Crippen molar-refractivity contribution < 1.29 is 19.1 Å². The maximum absolute atomic E-state index is 13.8. The first-order valence-corrected chi connectivity index (χ1v) is 13.5. The molecule has 0 aliphatic heterocycles. The lowest BCUT2D eigenvalue weighted by molar-refractivity contribution is -0.142. The smallest absolute Gasteiger partial charge is 0.408 e. The van der Waals surface area contributed by atoms with Gasteiger partial charge < -0.3 is 20.3 Å². The highest BCUT2D eigenvalue weighted by Gasteiger charge is 2.36. The average molecular weight is 506 g/mol. The summed E-state index contributed by atoms with van der Waals surface area (Å²) in [6.07, 6.45) is 6.20. The summed E-state index contributed by atoms with van der Waals surface area (Å²) in [5.74, 6) is -0.433. The van der Waals surface area contributed by atoms with Crippen molar-refractivity contribution in [2.75, 3.05) is 12.3 Å². The molecule has 8 heteroatoms. The van der Waals surface area contributed by atoms with Crippen LogP contribution >= 0.6 is 12.6 Å². The minimum Gasteiger partial charge on any atom is -0.444 e. The van der Waals surface area contributed by atoms with Crippen molar-refractivity contribution in [1.29, 1.82) is 0 Å². The average Bonchev–Trinajstić information content (AvgIpc) is 2.79. The van der Waals surface area contributed by atoms with Crippen LogP contribution in [-0.4, -0.2) is 52.8 Å². The molecule has 0 radical (unpaired) electrons. The van der Waals surface area contributed by atoms with Gasteiger partial charge in [0.1, 0.15) is 17.7 Å². The number of rotatable bonds is 10. The van der Waals surface area contributed by atoms with Gasteiger partial charge in [0, 0.05) is 18.3 Å². The number of unbranched alkanes of at least 4 members (excludes halogenated alkanes) is 1. The van der Waals surface area contributed by atoms with Crippen LogP contribution in [0.4, 0.5) is 4.79 Å². The third-order valence-corrected chi connectivity index (χ3v) is 6.44. The lowest BCUT2D eigenvalue weighted by Gasteiger charge is -2.35. The summed E-state index contributed by atoms with van der Waals surface area (Å²) in [4.78, 5) is 41.6. The molecule has 2 unspecified atom stereocenters. The van der Waals surface area contributed by atoms with Gasteiger partial charge in [-0.05, 0) is 52.5 Å². The predicted octanol–water partition coefficient (Wildman–Crippen LogP) is 4.94. The third-order valence-electron chi connectivity index (χ3n) is 6.08. The molecule has 196 valence electrons. The van der Waals surface area contributed by atoms with Crippen LogP contribution in [0.2, 0.25) is 0 Å². The van der Waals surface area contributed by atoms with Gasteiger partial charge in [-0.15, -0.1) is 0 Å². The number of alkyl carbamates (subject to hydrolysis) is 1. The molecular weight excluding hydrogens is 462 g/mol. The minimum absolute atomic E-state index is 0.0888. The number of hydrogen-bond acceptors (Lipinski definition) is 5. The van der Waals surface area contributed by atoms with E-state index < -0.39 is 23.8 Å². The first-order chi connectivity index (χ1) is 16.6. The quantitative estimate of drug-likeness (QED) is 0.393. The molecule has 0 spiro atoms. The van der Waals surface area contributed by atoms with E-state index in [0.29, 0.717) is 6.54 Å². The summed E-state index contributed by atoms with van der Waals surface area (Å²) in [5.41, 5.74) is 1.08. The zero-order valence-corrected chi connectivity index (χ0v) is 22.8. The highest BCUT2D eigenvalue weighted by Crippen LogP contribution is 2.26. The molecule has 3 amide bonds. The Kier molecular flexibility index (Phi) is 11.4. The molecule has 1 saturated carbocycles. The Morgan fingerprint density at radius 1 is 1.17 bits per heavy atom. The Morgan fingerprint density at radius 2 is 1.86 bits per heavy atom. The van der Waals surface area contributed by atoms with Crippen LogP contribution in [-0.2, 0) is 14.3 Å². The van der Waals surface area contributed by atoms with Crippen LogP contribution in [0, 0.1) is 6.92 Å². The van der Waals surface area contributed by atoms with Gasteiger partial charge in [0.2, 0.25) is 11.8 Å². The van der Waals surface area contributed by atoms with E-state index in [4.69, 9.17) is 4.74 Å². The summed E-state index contributed by atoms with van der Waals surface area (Å²) in [5, 5.41) is 5.87. The molecule has 7 nitrogen and oxygen atoms in total. The van der Waals surface area contributed by atoms with Gasteiger partial charge in [0.25, 0.3) is 0 Å². The molecule has 0 saturated heterocycles. The van der Waals surface area contributed by atoms with Gasteiger partial charge in [-0.1, -0.05) is 62.4 Å². The first-order valence-electron chi connectivity index (χ1n) is 12.8. The van der Waals surface area contributed by atoms with E-state index in [1.54, 1.807) is 25.7 Å². The molecule has 0 aromatic heterocycles. The fourth-order valence-electron chi connectivity index (χ4n) is 4.37. The van der Waals surface area contributed by atoms with Crippen LogP contribution in [0.5, 0.6) is 0 Å². The Bertz CT molecular complexity index is 849. The number of ether oxygens (including phenoxy) is 1. The fourth-order valence-corrected chi connectivity index (χ4v) is 4.62.